The number of ether oxygens (including phenoxy) is 1. The van der Waals surface area contributed by atoms with E-state index in [9.17, 15) is 14.0 Å². The van der Waals surface area contributed by atoms with Crippen molar-refractivity contribution in [3.05, 3.63) is 65.0 Å². The molecule has 1 aliphatic carbocycles. The van der Waals surface area contributed by atoms with E-state index in [1.165, 1.54) is 61.8 Å². The van der Waals surface area contributed by atoms with Gasteiger partial charge in [0.25, 0.3) is 5.91 Å². The number of benzene rings is 2. The number of amidine groups is 1. The zero-order valence-electron chi connectivity index (χ0n) is 22.5. The molecule has 0 radical (unpaired) electrons. The number of carbonyl (C=O) groups is 2. The molecular weight excluding hydrogens is 481 g/mol. The van der Waals surface area contributed by atoms with Crippen LogP contribution in [0.2, 0.25) is 0 Å². The Morgan fingerprint density at radius 2 is 1.71 bits per heavy atom. The molecule has 38 heavy (non-hydrogen) atoms. The maximum absolute atomic E-state index is 13.4. The maximum atomic E-state index is 13.4. The van der Waals surface area contributed by atoms with Crippen LogP contribution in [0.5, 0.6) is 0 Å². The Hall–Kier alpha value is -3.06. The molecule has 2 aliphatic heterocycles. The summed E-state index contributed by atoms with van der Waals surface area (Å²) in [4.78, 5) is 34.5. The van der Waals surface area contributed by atoms with Crippen LogP contribution in [-0.4, -0.2) is 48.9 Å². The van der Waals surface area contributed by atoms with Gasteiger partial charge in [-0.1, -0.05) is 25.5 Å². The summed E-state index contributed by atoms with van der Waals surface area (Å²) in [6.07, 6.45) is 7.55. The van der Waals surface area contributed by atoms with Crippen LogP contribution in [0.4, 0.5) is 10.1 Å². The lowest BCUT2D eigenvalue weighted by molar-refractivity contribution is -0.146. The molecule has 202 valence electrons. The largest absolute Gasteiger partial charge is 0.469 e. The van der Waals surface area contributed by atoms with E-state index in [1.807, 2.05) is 0 Å². The molecule has 0 spiro atoms. The van der Waals surface area contributed by atoms with Crippen molar-refractivity contribution in [2.45, 2.75) is 70.9 Å². The highest BCUT2D eigenvalue weighted by Crippen LogP contribution is 2.38. The number of hydrogen-bond acceptors (Lipinski definition) is 4. The van der Waals surface area contributed by atoms with Crippen molar-refractivity contribution in [2.75, 3.05) is 25.1 Å². The molecule has 0 aromatic heterocycles. The molecule has 6 nitrogen and oxygen atoms in total. The number of methoxy groups -OCH3 is 1. The molecular formula is C31H38FN3O3. The van der Waals surface area contributed by atoms with Crippen molar-refractivity contribution in [3.63, 3.8) is 0 Å². The average molecular weight is 520 g/mol. The number of fused-ring (bicyclic) bond motifs is 1. The molecule has 1 saturated heterocycles. The van der Waals surface area contributed by atoms with E-state index >= 15 is 0 Å². The first kappa shape index (κ1) is 26.5. The lowest BCUT2D eigenvalue weighted by Crippen LogP contribution is -2.42. The Kier molecular flexibility index (Phi) is 8.22. The summed E-state index contributed by atoms with van der Waals surface area (Å²) >= 11 is 0. The molecule has 0 bridgehead atoms. The Balaban J connectivity index is 1.39. The van der Waals surface area contributed by atoms with Crippen molar-refractivity contribution in [1.29, 1.82) is 0 Å². The number of nitrogens with zero attached hydrogens (tertiary/aromatic N) is 3. The van der Waals surface area contributed by atoms with Crippen molar-refractivity contribution in [3.8, 4) is 0 Å². The number of piperidine rings is 1. The van der Waals surface area contributed by atoms with Gasteiger partial charge in [0.2, 0.25) is 0 Å². The average Bonchev–Trinajstić information content (AvgIpc) is 3.30. The normalized spacial score (nSPS) is 23.4. The van der Waals surface area contributed by atoms with Crippen LogP contribution < -0.4 is 4.90 Å². The van der Waals surface area contributed by atoms with E-state index in [4.69, 9.17) is 4.74 Å². The molecule has 2 fully saturated rings. The predicted molar refractivity (Wildman–Crippen MR) is 147 cm³/mol. The number of aliphatic imine (C=N–C) groups is 1. The van der Waals surface area contributed by atoms with Crippen molar-refractivity contribution in [1.82, 2.24) is 4.90 Å². The van der Waals surface area contributed by atoms with E-state index in [1.54, 1.807) is 0 Å². The monoisotopic (exact) mass is 519 g/mol. The van der Waals surface area contributed by atoms with E-state index < -0.39 is 0 Å². The van der Waals surface area contributed by atoms with Gasteiger partial charge in [-0.05, 0) is 99.0 Å². The lowest BCUT2D eigenvalue weighted by atomic mass is 9.85. The van der Waals surface area contributed by atoms with Crippen LogP contribution in [0, 0.1) is 17.7 Å². The molecule has 0 N–H and O–H groups in total. The number of halogens is 1. The van der Waals surface area contributed by atoms with E-state index in [2.05, 4.69) is 39.9 Å². The highest BCUT2D eigenvalue weighted by atomic mass is 19.1. The second-order valence-electron chi connectivity index (χ2n) is 11.0. The summed E-state index contributed by atoms with van der Waals surface area (Å²) in [5, 5.41) is 0. The number of hydrogen-bond donors (Lipinski definition) is 0. The SMILES string of the molecule is CCC1CCN(Cc2ccc3c(c2)N(C2CCC(C(=O)OC)CC2)C(=NC(=O)c2ccc(F)cc2)C3)CC1. The van der Waals surface area contributed by atoms with Crippen molar-refractivity contribution in [2.24, 2.45) is 16.8 Å². The first-order valence-corrected chi connectivity index (χ1v) is 14.0. The summed E-state index contributed by atoms with van der Waals surface area (Å²) in [6.45, 7) is 5.48. The standard InChI is InChI=1S/C31H38FN3O3/c1-3-21-14-16-34(17-15-21)20-22-4-5-25-19-29(33-30(36)23-6-10-26(32)11-7-23)35(28(25)18-22)27-12-8-24(9-13-27)31(37)38-2/h4-7,10-11,18,21,24,27H,3,8-9,12-17,19-20H2,1-2H3. The molecule has 0 atom stereocenters. The third-order valence-electron chi connectivity index (χ3n) is 8.64. The maximum Gasteiger partial charge on any atom is 0.308 e. The third-order valence-corrected chi connectivity index (χ3v) is 8.64. The third kappa shape index (κ3) is 5.83. The zero-order valence-corrected chi connectivity index (χ0v) is 22.5. The number of likely N-dealkylation sites (tertiary alicyclic amines) is 1. The van der Waals surface area contributed by atoms with Gasteiger partial charge in [-0.25, -0.2) is 4.39 Å². The van der Waals surface area contributed by atoms with Crippen LogP contribution >= 0.6 is 0 Å². The predicted octanol–water partition coefficient (Wildman–Crippen LogP) is 5.78. The van der Waals surface area contributed by atoms with Crippen molar-refractivity contribution >= 4 is 23.4 Å². The second-order valence-corrected chi connectivity index (χ2v) is 11.0. The Labute approximate surface area is 224 Å². The van der Waals surface area contributed by atoms with Gasteiger partial charge < -0.3 is 9.64 Å². The fraction of sp³-hybridized carbons (Fsp3) is 0.516. The number of amides is 1. The second kappa shape index (κ2) is 11.8. The number of rotatable bonds is 6. The lowest BCUT2D eigenvalue weighted by Gasteiger charge is -2.36. The van der Waals surface area contributed by atoms with Gasteiger partial charge in [0.1, 0.15) is 11.7 Å². The minimum atomic E-state index is -0.377. The quantitative estimate of drug-likeness (QED) is 0.453. The first-order chi connectivity index (χ1) is 18.4. The Morgan fingerprint density at radius 3 is 2.37 bits per heavy atom. The van der Waals surface area contributed by atoms with Gasteiger partial charge in [0.15, 0.2) is 0 Å². The summed E-state index contributed by atoms with van der Waals surface area (Å²) in [5.41, 5.74) is 3.94. The summed E-state index contributed by atoms with van der Waals surface area (Å²) in [7, 11) is 1.45. The minimum Gasteiger partial charge on any atom is -0.469 e. The van der Waals surface area contributed by atoms with Crippen molar-refractivity contribution < 1.29 is 18.7 Å². The van der Waals surface area contributed by atoms with Gasteiger partial charge in [-0.2, -0.15) is 4.99 Å². The minimum absolute atomic E-state index is 0.0723. The topological polar surface area (TPSA) is 62.2 Å². The fourth-order valence-electron chi connectivity index (χ4n) is 6.30. The van der Waals surface area contributed by atoms with Crippen LogP contribution in [0.3, 0.4) is 0 Å². The first-order valence-electron chi connectivity index (χ1n) is 14.0. The van der Waals surface area contributed by atoms with Crippen LogP contribution in [0.1, 0.15) is 73.4 Å². The van der Waals surface area contributed by atoms with Gasteiger partial charge in [-0.3, -0.25) is 14.5 Å². The van der Waals surface area contributed by atoms with E-state index in [0.717, 1.165) is 62.8 Å². The van der Waals surface area contributed by atoms with Crippen LogP contribution in [0.25, 0.3) is 0 Å². The molecule has 7 heteroatoms. The smallest absolute Gasteiger partial charge is 0.308 e. The van der Waals surface area contributed by atoms with E-state index in [0.29, 0.717) is 12.0 Å². The Morgan fingerprint density at radius 1 is 1.00 bits per heavy atom. The zero-order chi connectivity index (χ0) is 26.6. The highest BCUT2D eigenvalue weighted by Gasteiger charge is 2.36. The molecule has 1 amide bonds. The van der Waals surface area contributed by atoms with Crippen LogP contribution in [-0.2, 0) is 22.5 Å². The van der Waals surface area contributed by atoms with Crippen LogP contribution in [0.15, 0.2) is 47.5 Å². The molecule has 0 unspecified atom stereocenters. The number of carbonyl (C=O) groups excluding carboxylic acids is 2. The fourth-order valence-corrected chi connectivity index (χ4v) is 6.30. The van der Waals surface area contributed by atoms with E-state index in [-0.39, 0.29) is 29.7 Å². The number of esters is 1. The molecule has 2 aromatic rings. The molecule has 5 rings (SSSR count). The molecule has 2 heterocycles. The molecule has 2 aromatic carbocycles. The molecule has 1 saturated carbocycles. The molecule has 3 aliphatic rings. The van der Waals surface area contributed by atoms with Gasteiger partial charge in [0, 0.05) is 30.3 Å². The summed E-state index contributed by atoms with van der Waals surface area (Å²) < 4.78 is 18.4. The highest BCUT2D eigenvalue weighted by molar-refractivity contribution is 6.12. The summed E-state index contributed by atoms with van der Waals surface area (Å²) in [5.74, 6) is 0.630. The van der Waals surface area contributed by atoms with Gasteiger partial charge in [-0.15, -0.1) is 0 Å². The Bertz CT molecular complexity index is 1180. The number of anilines is 1. The van der Waals surface area contributed by atoms with Gasteiger partial charge in [0.05, 0.1) is 13.0 Å². The summed E-state index contributed by atoms with van der Waals surface area (Å²) in [6, 6.07) is 12.4. The van der Waals surface area contributed by atoms with Gasteiger partial charge >= 0.3 is 5.97 Å².